The van der Waals surface area contributed by atoms with Gasteiger partial charge in [-0.15, -0.1) is 0 Å². The van der Waals surface area contributed by atoms with Gasteiger partial charge in [0.15, 0.2) is 11.9 Å². The Morgan fingerprint density at radius 2 is 2.09 bits per heavy atom. The van der Waals surface area contributed by atoms with Gasteiger partial charge in [-0.25, -0.2) is 0 Å². The normalized spacial score (nSPS) is 17.3. The smallest absolute Gasteiger partial charge is 0.390 e. The van der Waals surface area contributed by atoms with Crippen molar-refractivity contribution in [1.29, 1.82) is 0 Å². The van der Waals surface area contributed by atoms with Crippen molar-refractivity contribution in [2.45, 2.75) is 25.6 Å². The van der Waals surface area contributed by atoms with Gasteiger partial charge in [-0.1, -0.05) is 6.07 Å². The van der Waals surface area contributed by atoms with Crippen LogP contribution in [0.15, 0.2) is 18.2 Å². The van der Waals surface area contributed by atoms with Crippen LogP contribution in [0.4, 0.5) is 18.9 Å². The summed E-state index contributed by atoms with van der Waals surface area (Å²) in [5.41, 5.74) is 0.451. The lowest BCUT2D eigenvalue weighted by molar-refractivity contribution is -0.136. The average molecular weight is 316 g/mol. The Bertz CT molecular complexity index is 601. The Morgan fingerprint density at radius 3 is 2.73 bits per heavy atom. The third-order valence-electron chi connectivity index (χ3n) is 3.24. The fourth-order valence-electron chi connectivity index (χ4n) is 2.00. The van der Waals surface area contributed by atoms with Crippen molar-refractivity contribution in [3.8, 4) is 5.75 Å². The van der Waals surface area contributed by atoms with Crippen molar-refractivity contribution < 1.29 is 27.5 Å². The summed E-state index contributed by atoms with van der Waals surface area (Å²) >= 11 is 0. The van der Waals surface area contributed by atoms with E-state index in [1.807, 2.05) is 0 Å². The molecule has 8 heteroatoms. The van der Waals surface area contributed by atoms with Gasteiger partial charge in [0.05, 0.1) is 17.7 Å². The average Bonchev–Trinajstić information content (AvgIpc) is 2.44. The van der Waals surface area contributed by atoms with Crippen LogP contribution in [-0.4, -0.2) is 42.6 Å². The predicted molar refractivity (Wildman–Crippen MR) is 72.8 cm³/mol. The Kier molecular flexibility index (Phi) is 4.30. The maximum absolute atomic E-state index is 12.3. The Labute approximate surface area is 125 Å². The molecule has 1 heterocycles. The summed E-state index contributed by atoms with van der Waals surface area (Å²) in [5.74, 6) is -0.759. The molecule has 0 spiro atoms. The number of halogens is 3. The standard InChI is InChI=1S/C14H15F3N2O3/c1-8-12(20)18-10-5-3-4-9(11(10)22-8)13(21)19(2)7-6-14(15,16)17/h3-5,8H,6-7H2,1-2H3,(H,18,20)/t8-/m0/s1. The summed E-state index contributed by atoms with van der Waals surface area (Å²) in [4.78, 5) is 24.8. The van der Waals surface area contributed by atoms with Crippen LogP contribution in [0, 0.1) is 0 Å². The van der Waals surface area contributed by atoms with Gasteiger partial charge in [-0.05, 0) is 19.1 Å². The molecule has 0 aromatic heterocycles. The SMILES string of the molecule is C[C@@H]1Oc2c(cccc2C(=O)N(C)CCC(F)(F)F)NC1=O. The zero-order chi connectivity index (χ0) is 16.5. The van der Waals surface area contributed by atoms with Crippen LogP contribution in [-0.2, 0) is 4.79 Å². The number of hydrogen-bond acceptors (Lipinski definition) is 3. The number of alkyl halides is 3. The van der Waals surface area contributed by atoms with Crippen LogP contribution in [0.5, 0.6) is 5.75 Å². The molecule has 22 heavy (non-hydrogen) atoms. The molecule has 0 unspecified atom stereocenters. The molecular weight excluding hydrogens is 301 g/mol. The molecule has 120 valence electrons. The monoisotopic (exact) mass is 316 g/mol. The molecule has 0 radical (unpaired) electrons. The largest absolute Gasteiger partial charge is 0.478 e. The molecule has 1 N–H and O–H groups in total. The summed E-state index contributed by atoms with van der Waals surface area (Å²) in [6, 6.07) is 4.55. The molecule has 1 aromatic carbocycles. The van der Waals surface area contributed by atoms with E-state index >= 15 is 0 Å². The highest BCUT2D eigenvalue weighted by Crippen LogP contribution is 2.34. The molecule has 2 amide bonds. The van der Waals surface area contributed by atoms with Gasteiger partial charge in [-0.3, -0.25) is 9.59 Å². The molecule has 0 aliphatic carbocycles. The van der Waals surface area contributed by atoms with Crippen molar-refractivity contribution in [2.75, 3.05) is 18.9 Å². The minimum Gasteiger partial charge on any atom is -0.478 e. The van der Waals surface area contributed by atoms with Gasteiger partial charge in [0.2, 0.25) is 0 Å². The van der Waals surface area contributed by atoms with E-state index in [9.17, 15) is 22.8 Å². The van der Waals surface area contributed by atoms with E-state index in [1.54, 1.807) is 6.07 Å². The number of nitrogens with zero attached hydrogens (tertiary/aromatic N) is 1. The minimum atomic E-state index is -4.33. The Balaban J connectivity index is 2.21. The zero-order valence-corrected chi connectivity index (χ0v) is 12.0. The van der Waals surface area contributed by atoms with Gasteiger partial charge < -0.3 is 15.0 Å². The third kappa shape index (κ3) is 3.49. The van der Waals surface area contributed by atoms with Gasteiger partial charge >= 0.3 is 6.18 Å². The first-order chi connectivity index (χ1) is 10.2. The van der Waals surface area contributed by atoms with Crippen LogP contribution in [0.3, 0.4) is 0 Å². The van der Waals surface area contributed by atoms with Crippen molar-refractivity contribution in [3.05, 3.63) is 23.8 Å². The quantitative estimate of drug-likeness (QED) is 0.932. The third-order valence-corrected chi connectivity index (χ3v) is 3.24. The highest BCUT2D eigenvalue weighted by atomic mass is 19.4. The van der Waals surface area contributed by atoms with Gasteiger partial charge in [0.1, 0.15) is 0 Å². The lowest BCUT2D eigenvalue weighted by atomic mass is 10.1. The molecule has 5 nitrogen and oxygen atoms in total. The zero-order valence-electron chi connectivity index (χ0n) is 12.0. The van der Waals surface area contributed by atoms with Crippen LogP contribution < -0.4 is 10.1 Å². The number of carbonyl (C=O) groups is 2. The van der Waals surface area contributed by atoms with Crippen LogP contribution in [0.25, 0.3) is 0 Å². The Hall–Kier alpha value is -2.25. The summed E-state index contributed by atoms with van der Waals surface area (Å²) < 4.78 is 42.1. The first kappa shape index (κ1) is 16.1. The number of hydrogen-bond donors (Lipinski definition) is 1. The first-order valence-electron chi connectivity index (χ1n) is 6.62. The van der Waals surface area contributed by atoms with E-state index in [4.69, 9.17) is 4.74 Å². The van der Waals surface area contributed by atoms with Gasteiger partial charge in [0, 0.05) is 13.6 Å². The second kappa shape index (κ2) is 5.86. The fraction of sp³-hybridized carbons (Fsp3) is 0.429. The maximum atomic E-state index is 12.3. The van der Waals surface area contributed by atoms with Crippen LogP contribution >= 0.6 is 0 Å². The number of fused-ring (bicyclic) bond motifs is 1. The molecule has 0 bridgehead atoms. The van der Waals surface area contributed by atoms with Crippen molar-refractivity contribution in [2.24, 2.45) is 0 Å². The molecular formula is C14H15F3N2O3. The molecule has 0 fully saturated rings. The maximum Gasteiger partial charge on any atom is 0.390 e. The van der Waals surface area contributed by atoms with Gasteiger partial charge in [-0.2, -0.15) is 13.2 Å². The molecule has 1 atom stereocenters. The lowest BCUT2D eigenvalue weighted by Gasteiger charge is -2.26. The number of amides is 2. The van der Waals surface area contributed by atoms with E-state index in [0.29, 0.717) is 5.69 Å². The summed E-state index contributed by atoms with van der Waals surface area (Å²) in [6.45, 7) is 1.07. The predicted octanol–water partition coefficient (Wildman–Crippen LogP) is 2.43. The number of carbonyl (C=O) groups excluding carboxylic acids is 2. The summed E-state index contributed by atoms with van der Waals surface area (Å²) in [5, 5.41) is 2.59. The van der Waals surface area contributed by atoms with Crippen molar-refractivity contribution in [3.63, 3.8) is 0 Å². The number of ether oxygens (including phenoxy) is 1. The van der Waals surface area contributed by atoms with E-state index in [2.05, 4.69) is 5.32 Å². The van der Waals surface area contributed by atoms with Crippen LogP contribution in [0.2, 0.25) is 0 Å². The lowest BCUT2D eigenvalue weighted by Crippen LogP contribution is -2.36. The molecule has 1 aliphatic rings. The molecule has 0 saturated heterocycles. The second-order valence-electron chi connectivity index (χ2n) is 5.02. The number of nitrogens with one attached hydrogen (secondary N) is 1. The highest BCUT2D eigenvalue weighted by molar-refractivity contribution is 6.03. The number of anilines is 1. The van der Waals surface area contributed by atoms with Crippen LogP contribution in [0.1, 0.15) is 23.7 Å². The van der Waals surface area contributed by atoms with E-state index in [1.165, 1.54) is 26.1 Å². The van der Waals surface area contributed by atoms with E-state index in [-0.39, 0.29) is 17.2 Å². The van der Waals surface area contributed by atoms with E-state index < -0.39 is 31.2 Å². The topological polar surface area (TPSA) is 58.6 Å². The van der Waals surface area contributed by atoms with E-state index in [0.717, 1.165) is 4.90 Å². The van der Waals surface area contributed by atoms with Gasteiger partial charge in [0.25, 0.3) is 11.8 Å². The molecule has 1 aromatic rings. The number of para-hydroxylation sites is 1. The second-order valence-corrected chi connectivity index (χ2v) is 5.02. The fourth-order valence-corrected chi connectivity index (χ4v) is 2.00. The molecule has 1 aliphatic heterocycles. The number of benzene rings is 1. The summed E-state index contributed by atoms with van der Waals surface area (Å²) in [7, 11) is 1.29. The molecule has 0 saturated carbocycles. The Morgan fingerprint density at radius 1 is 1.41 bits per heavy atom. The van der Waals surface area contributed by atoms with Crippen molar-refractivity contribution in [1.82, 2.24) is 4.90 Å². The summed E-state index contributed by atoms with van der Waals surface area (Å²) in [6.07, 6.45) is -6.19. The molecule has 2 rings (SSSR count). The van der Waals surface area contributed by atoms with Crippen molar-refractivity contribution >= 4 is 17.5 Å². The highest BCUT2D eigenvalue weighted by Gasteiger charge is 2.31. The first-order valence-corrected chi connectivity index (χ1v) is 6.62. The minimum absolute atomic E-state index is 0.119. The number of rotatable bonds is 3.